The first-order chi connectivity index (χ1) is 16.5. The predicted molar refractivity (Wildman–Crippen MR) is 131 cm³/mol. The van der Waals surface area contributed by atoms with Crippen LogP contribution in [0.3, 0.4) is 0 Å². The van der Waals surface area contributed by atoms with Crippen molar-refractivity contribution in [3.8, 4) is 0 Å². The zero-order valence-electron chi connectivity index (χ0n) is 19.4. The van der Waals surface area contributed by atoms with E-state index < -0.39 is 0 Å². The molecule has 1 saturated heterocycles. The maximum absolute atomic E-state index is 13.3. The number of imidazole rings is 1. The predicted octanol–water partition coefficient (Wildman–Crippen LogP) is 2.23. The molecular weight excluding hydrogens is 428 g/mol. The first-order valence-corrected chi connectivity index (χ1v) is 12.0. The summed E-state index contributed by atoms with van der Waals surface area (Å²) in [7, 11) is 1.95. The van der Waals surface area contributed by atoms with Gasteiger partial charge in [-0.05, 0) is 48.6 Å². The second-order valence-electron chi connectivity index (χ2n) is 9.85. The second kappa shape index (κ2) is 7.80. The molecule has 34 heavy (non-hydrogen) atoms. The number of nitrogen functional groups attached to an aromatic ring is 1. The van der Waals surface area contributed by atoms with Crippen LogP contribution in [-0.4, -0.2) is 45.1 Å². The smallest absolute Gasteiger partial charge is 0.281 e. The molecule has 2 aromatic heterocycles. The number of fused-ring (bicyclic) bond motifs is 2. The highest BCUT2D eigenvalue weighted by Crippen LogP contribution is 2.50. The van der Waals surface area contributed by atoms with E-state index in [0.717, 1.165) is 50.9 Å². The number of nitrogens with zero attached hydrogens (tertiary/aromatic N) is 6. The molecule has 2 aliphatic heterocycles. The van der Waals surface area contributed by atoms with Crippen molar-refractivity contribution in [2.24, 2.45) is 18.2 Å². The number of aromatic nitrogens is 4. The average molecular weight is 459 g/mol. The molecule has 3 aromatic rings. The number of anilines is 3. The highest BCUT2D eigenvalue weighted by atomic mass is 16.2. The van der Waals surface area contributed by atoms with Crippen LogP contribution in [0.4, 0.5) is 17.5 Å². The normalized spacial score (nSPS) is 20.9. The number of amides is 1. The summed E-state index contributed by atoms with van der Waals surface area (Å²) in [5.74, 6) is 1.32. The standard InChI is InChI=1S/C25H30N8O/c1-31-15-29-23-18(31)7-4-10-33(23)24(34)20-22(27)30-19(14-28-20)32-11-8-25(9-12-32)13-16-5-2-3-6-17(16)21(25)26/h2-3,5-6,14-15,21H,4,7-13,26H2,1H3,(H2,27,30). The fourth-order valence-corrected chi connectivity index (χ4v) is 5.99. The summed E-state index contributed by atoms with van der Waals surface area (Å²) >= 11 is 0. The van der Waals surface area contributed by atoms with Gasteiger partial charge in [0.25, 0.3) is 5.91 Å². The van der Waals surface area contributed by atoms with Crippen molar-refractivity contribution >= 4 is 23.4 Å². The Morgan fingerprint density at radius 1 is 1.15 bits per heavy atom. The average Bonchev–Trinajstić information content (AvgIpc) is 3.37. The minimum absolute atomic E-state index is 0.0723. The quantitative estimate of drug-likeness (QED) is 0.604. The molecular formula is C25H30N8O. The first-order valence-electron chi connectivity index (χ1n) is 12.0. The van der Waals surface area contributed by atoms with Crippen LogP contribution in [0.5, 0.6) is 0 Å². The highest BCUT2D eigenvalue weighted by molar-refractivity contribution is 6.07. The van der Waals surface area contributed by atoms with E-state index in [1.165, 1.54) is 11.1 Å². The largest absolute Gasteiger partial charge is 0.382 e. The van der Waals surface area contributed by atoms with Crippen molar-refractivity contribution in [2.75, 3.05) is 35.2 Å². The van der Waals surface area contributed by atoms with Crippen LogP contribution < -0.4 is 21.3 Å². The van der Waals surface area contributed by atoms with Gasteiger partial charge in [0.05, 0.1) is 18.2 Å². The third-order valence-electron chi connectivity index (χ3n) is 8.00. The van der Waals surface area contributed by atoms with Crippen LogP contribution in [0.2, 0.25) is 0 Å². The lowest BCUT2D eigenvalue weighted by atomic mass is 9.73. The van der Waals surface area contributed by atoms with E-state index in [1.54, 1.807) is 17.4 Å². The van der Waals surface area contributed by atoms with Gasteiger partial charge < -0.3 is 20.9 Å². The molecule has 0 saturated carbocycles. The lowest BCUT2D eigenvalue weighted by Gasteiger charge is -2.42. The molecule has 1 unspecified atom stereocenters. The van der Waals surface area contributed by atoms with Gasteiger partial charge in [-0.25, -0.2) is 15.0 Å². The Bertz CT molecular complexity index is 1260. The zero-order chi connectivity index (χ0) is 23.4. The molecule has 3 aliphatic rings. The van der Waals surface area contributed by atoms with Crippen LogP contribution in [0.25, 0.3) is 0 Å². The summed E-state index contributed by atoms with van der Waals surface area (Å²) in [5, 5.41) is 0. The van der Waals surface area contributed by atoms with Crippen molar-refractivity contribution in [3.05, 3.63) is 59.3 Å². The van der Waals surface area contributed by atoms with Gasteiger partial charge in [-0.15, -0.1) is 0 Å². The number of hydrogen-bond acceptors (Lipinski definition) is 7. The second-order valence-corrected chi connectivity index (χ2v) is 9.85. The van der Waals surface area contributed by atoms with E-state index in [9.17, 15) is 4.79 Å². The van der Waals surface area contributed by atoms with Crippen molar-refractivity contribution in [3.63, 3.8) is 0 Å². The molecule has 1 aliphatic carbocycles. The molecule has 1 aromatic carbocycles. The molecule has 4 N–H and O–H groups in total. The Morgan fingerprint density at radius 3 is 2.71 bits per heavy atom. The lowest BCUT2D eigenvalue weighted by molar-refractivity contribution is 0.0980. The Labute approximate surface area is 198 Å². The number of piperidine rings is 1. The van der Waals surface area contributed by atoms with E-state index in [1.807, 2.05) is 11.6 Å². The monoisotopic (exact) mass is 458 g/mol. The van der Waals surface area contributed by atoms with Crippen LogP contribution in [-0.2, 0) is 19.9 Å². The van der Waals surface area contributed by atoms with Gasteiger partial charge in [0.1, 0.15) is 5.82 Å². The van der Waals surface area contributed by atoms with Crippen LogP contribution in [0, 0.1) is 5.41 Å². The van der Waals surface area contributed by atoms with Crippen molar-refractivity contribution in [1.82, 2.24) is 19.5 Å². The number of aryl methyl sites for hydroxylation is 1. The molecule has 4 heterocycles. The van der Waals surface area contributed by atoms with Gasteiger partial charge in [0.2, 0.25) is 0 Å². The Kier molecular flexibility index (Phi) is 4.84. The minimum Gasteiger partial charge on any atom is -0.382 e. The number of benzene rings is 1. The van der Waals surface area contributed by atoms with Crippen molar-refractivity contribution in [2.45, 2.75) is 38.1 Å². The topological polar surface area (TPSA) is 119 Å². The molecule has 9 nitrogen and oxygen atoms in total. The number of carbonyl (C=O) groups is 1. The Balaban J connectivity index is 1.18. The van der Waals surface area contributed by atoms with Gasteiger partial charge in [-0.3, -0.25) is 9.69 Å². The number of rotatable bonds is 2. The fourth-order valence-electron chi connectivity index (χ4n) is 5.99. The van der Waals surface area contributed by atoms with Crippen LogP contribution in [0.1, 0.15) is 52.6 Å². The maximum atomic E-state index is 13.3. The molecule has 0 bridgehead atoms. The molecule has 176 valence electrons. The molecule has 1 amide bonds. The van der Waals surface area contributed by atoms with Crippen molar-refractivity contribution in [1.29, 1.82) is 0 Å². The lowest BCUT2D eigenvalue weighted by Crippen LogP contribution is -2.44. The van der Waals surface area contributed by atoms with E-state index in [0.29, 0.717) is 18.2 Å². The first kappa shape index (κ1) is 21.1. The van der Waals surface area contributed by atoms with Gasteiger partial charge in [0.15, 0.2) is 17.3 Å². The van der Waals surface area contributed by atoms with E-state index in [4.69, 9.17) is 11.5 Å². The number of carbonyl (C=O) groups excluding carboxylic acids is 1. The summed E-state index contributed by atoms with van der Waals surface area (Å²) in [6.07, 6.45) is 8.21. The van der Waals surface area contributed by atoms with E-state index in [2.05, 4.69) is 44.1 Å². The maximum Gasteiger partial charge on any atom is 0.281 e. The SMILES string of the molecule is Cn1cnc2c1CCCN2C(=O)c1ncc(N2CCC3(CC2)Cc2ccccc2C3N)nc1N. The van der Waals surface area contributed by atoms with Crippen LogP contribution >= 0.6 is 0 Å². The van der Waals surface area contributed by atoms with E-state index in [-0.39, 0.29) is 28.9 Å². The summed E-state index contributed by atoms with van der Waals surface area (Å²) < 4.78 is 1.96. The summed E-state index contributed by atoms with van der Waals surface area (Å²) in [5.41, 5.74) is 17.0. The Hall–Kier alpha value is -3.46. The molecule has 1 atom stereocenters. The number of nitrogens with two attached hydrogens (primary N) is 2. The number of hydrogen-bond donors (Lipinski definition) is 2. The Morgan fingerprint density at radius 2 is 1.94 bits per heavy atom. The van der Waals surface area contributed by atoms with E-state index >= 15 is 0 Å². The molecule has 9 heteroatoms. The van der Waals surface area contributed by atoms with Gasteiger partial charge in [-0.2, -0.15) is 0 Å². The molecule has 1 spiro atoms. The van der Waals surface area contributed by atoms with Crippen LogP contribution in [0.15, 0.2) is 36.8 Å². The van der Waals surface area contributed by atoms with Gasteiger partial charge >= 0.3 is 0 Å². The van der Waals surface area contributed by atoms with Gasteiger partial charge in [-0.1, -0.05) is 24.3 Å². The molecule has 6 rings (SSSR count). The van der Waals surface area contributed by atoms with Crippen molar-refractivity contribution < 1.29 is 4.79 Å². The van der Waals surface area contributed by atoms with Gasteiger partial charge in [0, 0.05) is 32.7 Å². The molecule has 1 fully saturated rings. The summed E-state index contributed by atoms with van der Waals surface area (Å²) in [4.78, 5) is 30.6. The summed E-state index contributed by atoms with van der Waals surface area (Å²) in [6, 6.07) is 8.61. The third-order valence-corrected chi connectivity index (χ3v) is 8.00. The zero-order valence-corrected chi connectivity index (χ0v) is 19.4. The minimum atomic E-state index is -0.247. The molecule has 0 radical (unpaired) electrons. The summed E-state index contributed by atoms with van der Waals surface area (Å²) in [6.45, 7) is 2.28. The fraction of sp³-hybridized carbons (Fsp3) is 0.440. The third kappa shape index (κ3) is 3.18. The highest BCUT2D eigenvalue weighted by Gasteiger charge is 2.46.